The van der Waals surface area contributed by atoms with Gasteiger partial charge >= 0.3 is 0 Å². The Bertz CT molecular complexity index is 409. The summed E-state index contributed by atoms with van der Waals surface area (Å²) in [5.41, 5.74) is 5.68. The maximum atomic E-state index is 12.0. The van der Waals surface area contributed by atoms with E-state index in [0.29, 0.717) is 6.42 Å². The van der Waals surface area contributed by atoms with Crippen LogP contribution in [0.25, 0.3) is 0 Å². The van der Waals surface area contributed by atoms with E-state index in [9.17, 15) is 4.79 Å². The number of carbonyl (C=O) groups excluding carboxylic acids is 1. The standard InChI is InChI=1S/C13H21N5O/c1-11(14)10-13(19)18-7-3-6-17(8-9-18)12-4-2-5-15-16-12/h2,4-5,11H,3,6-10,14H2,1H3. The van der Waals surface area contributed by atoms with Crippen LogP contribution in [0, 0.1) is 0 Å². The number of nitrogens with zero attached hydrogens (tertiary/aromatic N) is 4. The van der Waals surface area contributed by atoms with Gasteiger partial charge < -0.3 is 15.5 Å². The monoisotopic (exact) mass is 263 g/mol. The minimum atomic E-state index is -0.0770. The summed E-state index contributed by atoms with van der Waals surface area (Å²) in [5.74, 6) is 1.03. The van der Waals surface area contributed by atoms with E-state index in [4.69, 9.17) is 5.73 Å². The first-order valence-electron chi connectivity index (χ1n) is 6.73. The number of rotatable bonds is 3. The minimum Gasteiger partial charge on any atom is -0.353 e. The van der Waals surface area contributed by atoms with Crippen LogP contribution in [0.5, 0.6) is 0 Å². The van der Waals surface area contributed by atoms with Gasteiger partial charge in [-0.25, -0.2) is 0 Å². The number of anilines is 1. The van der Waals surface area contributed by atoms with Gasteiger partial charge in [-0.05, 0) is 25.5 Å². The fourth-order valence-corrected chi connectivity index (χ4v) is 2.26. The third-order valence-corrected chi connectivity index (χ3v) is 3.23. The predicted molar refractivity (Wildman–Crippen MR) is 73.7 cm³/mol. The molecule has 0 bridgehead atoms. The Balaban J connectivity index is 1.93. The quantitative estimate of drug-likeness (QED) is 0.846. The van der Waals surface area contributed by atoms with Crippen LogP contribution in [0.15, 0.2) is 18.3 Å². The largest absolute Gasteiger partial charge is 0.353 e. The van der Waals surface area contributed by atoms with Gasteiger partial charge in [0.05, 0.1) is 0 Å². The van der Waals surface area contributed by atoms with E-state index >= 15 is 0 Å². The summed E-state index contributed by atoms with van der Waals surface area (Å²) in [6.45, 7) is 5.08. The minimum absolute atomic E-state index is 0.0770. The maximum Gasteiger partial charge on any atom is 0.224 e. The second-order valence-electron chi connectivity index (χ2n) is 4.98. The molecular weight excluding hydrogens is 242 g/mol. The molecular formula is C13H21N5O. The van der Waals surface area contributed by atoms with Crippen molar-refractivity contribution in [2.24, 2.45) is 5.73 Å². The molecule has 1 aromatic rings. The van der Waals surface area contributed by atoms with Crippen molar-refractivity contribution in [3.8, 4) is 0 Å². The molecule has 2 rings (SSSR count). The maximum absolute atomic E-state index is 12.0. The second-order valence-corrected chi connectivity index (χ2v) is 4.98. The van der Waals surface area contributed by atoms with Crippen molar-refractivity contribution in [2.75, 3.05) is 31.1 Å². The lowest BCUT2D eigenvalue weighted by Crippen LogP contribution is -2.37. The molecule has 0 saturated carbocycles. The summed E-state index contributed by atoms with van der Waals surface area (Å²) < 4.78 is 0. The average molecular weight is 263 g/mol. The molecule has 1 aromatic heterocycles. The predicted octanol–water partition coefficient (Wildman–Crippen LogP) is 0.253. The van der Waals surface area contributed by atoms with E-state index in [-0.39, 0.29) is 11.9 Å². The van der Waals surface area contributed by atoms with Crippen molar-refractivity contribution in [3.05, 3.63) is 18.3 Å². The molecule has 1 atom stereocenters. The number of nitrogens with two attached hydrogens (primary N) is 1. The summed E-state index contributed by atoms with van der Waals surface area (Å²) in [6, 6.07) is 3.76. The molecule has 6 nitrogen and oxygen atoms in total. The van der Waals surface area contributed by atoms with E-state index in [1.54, 1.807) is 6.20 Å². The smallest absolute Gasteiger partial charge is 0.224 e. The molecule has 0 aromatic carbocycles. The zero-order valence-electron chi connectivity index (χ0n) is 11.3. The van der Waals surface area contributed by atoms with Gasteiger partial charge in [-0.3, -0.25) is 4.79 Å². The molecule has 1 unspecified atom stereocenters. The van der Waals surface area contributed by atoms with Crippen LogP contribution in [0.1, 0.15) is 19.8 Å². The third kappa shape index (κ3) is 3.89. The van der Waals surface area contributed by atoms with E-state index < -0.39 is 0 Å². The van der Waals surface area contributed by atoms with Gasteiger partial charge in [-0.1, -0.05) is 0 Å². The Hall–Kier alpha value is -1.69. The zero-order chi connectivity index (χ0) is 13.7. The average Bonchev–Trinajstić information content (AvgIpc) is 2.64. The van der Waals surface area contributed by atoms with E-state index in [1.807, 2.05) is 24.0 Å². The highest BCUT2D eigenvalue weighted by Gasteiger charge is 2.20. The van der Waals surface area contributed by atoms with Crippen LogP contribution >= 0.6 is 0 Å². The first-order valence-corrected chi connectivity index (χ1v) is 6.73. The van der Waals surface area contributed by atoms with Crippen molar-refractivity contribution in [1.29, 1.82) is 0 Å². The zero-order valence-corrected chi connectivity index (χ0v) is 11.3. The molecule has 1 amide bonds. The first-order chi connectivity index (χ1) is 9.16. The van der Waals surface area contributed by atoms with Gasteiger partial charge in [0.25, 0.3) is 0 Å². The van der Waals surface area contributed by atoms with Gasteiger partial charge in [-0.15, -0.1) is 5.10 Å². The molecule has 1 aliphatic rings. The number of amides is 1. The Morgan fingerprint density at radius 2 is 2.26 bits per heavy atom. The van der Waals surface area contributed by atoms with Crippen molar-refractivity contribution >= 4 is 11.7 Å². The Kier molecular flexibility index (Phi) is 4.68. The topological polar surface area (TPSA) is 75.4 Å². The fraction of sp³-hybridized carbons (Fsp3) is 0.615. The summed E-state index contributed by atoms with van der Waals surface area (Å²) in [4.78, 5) is 16.1. The van der Waals surface area contributed by atoms with Crippen LogP contribution in [-0.2, 0) is 4.79 Å². The highest BCUT2D eigenvalue weighted by molar-refractivity contribution is 5.76. The molecule has 1 aliphatic heterocycles. The summed E-state index contributed by atoms with van der Waals surface area (Å²) in [5, 5.41) is 8.01. The van der Waals surface area contributed by atoms with Crippen LogP contribution in [-0.4, -0.2) is 53.2 Å². The molecule has 2 N–H and O–H groups in total. The molecule has 0 aliphatic carbocycles. The molecule has 1 saturated heterocycles. The summed E-state index contributed by atoms with van der Waals surface area (Å²) >= 11 is 0. The number of hydrogen-bond acceptors (Lipinski definition) is 5. The van der Waals surface area contributed by atoms with Gasteiger partial charge in [0.1, 0.15) is 0 Å². The SMILES string of the molecule is CC(N)CC(=O)N1CCCN(c2cccnn2)CC1. The normalized spacial score (nSPS) is 18.0. The second kappa shape index (κ2) is 6.47. The fourth-order valence-electron chi connectivity index (χ4n) is 2.26. The van der Waals surface area contributed by atoms with Crippen molar-refractivity contribution in [1.82, 2.24) is 15.1 Å². The third-order valence-electron chi connectivity index (χ3n) is 3.23. The van der Waals surface area contributed by atoms with Crippen LogP contribution in [0.2, 0.25) is 0 Å². The Morgan fingerprint density at radius 1 is 1.42 bits per heavy atom. The Morgan fingerprint density at radius 3 is 2.95 bits per heavy atom. The lowest BCUT2D eigenvalue weighted by atomic mass is 10.2. The van der Waals surface area contributed by atoms with Crippen LogP contribution < -0.4 is 10.6 Å². The first kappa shape index (κ1) is 13.7. The van der Waals surface area contributed by atoms with Gasteiger partial charge in [0.15, 0.2) is 5.82 Å². The van der Waals surface area contributed by atoms with Gasteiger partial charge in [0.2, 0.25) is 5.91 Å². The molecule has 0 radical (unpaired) electrons. The molecule has 6 heteroatoms. The number of carbonyl (C=O) groups is 1. The summed E-state index contributed by atoms with van der Waals surface area (Å²) in [6.07, 6.45) is 3.03. The highest BCUT2D eigenvalue weighted by Crippen LogP contribution is 2.12. The molecule has 1 fully saturated rings. The number of aromatic nitrogens is 2. The highest BCUT2D eigenvalue weighted by atomic mass is 16.2. The van der Waals surface area contributed by atoms with E-state index in [2.05, 4.69) is 15.1 Å². The van der Waals surface area contributed by atoms with Crippen molar-refractivity contribution < 1.29 is 4.79 Å². The molecule has 2 heterocycles. The van der Waals surface area contributed by atoms with E-state index in [1.165, 1.54) is 0 Å². The van der Waals surface area contributed by atoms with Crippen LogP contribution in [0.4, 0.5) is 5.82 Å². The van der Waals surface area contributed by atoms with Crippen molar-refractivity contribution in [2.45, 2.75) is 25.8 Å². The van der Waals surface area contributed by atoms with E-state index in [0.717, 1.165) is 38.4 Å². The van der Waals surface area contributed by atoms with Crippen LogP contribution in [0.3, 0.4) is 0 Å². The van der Waals surface area contributed by atoms with Crippen molar-refractivity contribution in [3.63, 3.8) is 0 Å². The Labute approximate surface area is 113 Å². The molecule has 104 valence electrons. The number of hydrogen-bond donors (Lipinski definition) is 1. The van der Waals surface area contributed by atoms with Gasteiger partial charge in [0, 0.05) is 44.8 Å². The summed E-state index contributed by atoms with van der Waals surface area (Å²) in [7, 11) is 0. The lowest BCUT2D eigenvalue weighted by molar-refractivity contribution is -0.131. The lowest BCUT2D eigenvalue weighted by Gasteiger charge is -2.23. The molecule has 19 heavy (non-hydrogen) atoms. The van der Waals surface area contributed by atoms with Gasteiger partial charge in [-0.2, -0.15) is 5.10 Å². The molecule has 0 spiro atoms.